The van der Waals surface area contributed by atoms with Gasteiger partial charge >= 0.3 is 0 Å². The smallest absolute Gasteiger partial charge is 0.224 e. The summed E-state index contributed by atoms with van der Waals surface area (Å²) in [6.45, 7) is 1.27. The van der Waals surface area contributed by atoms with E-state index in [1.807, 2.05) is 18.2 Å². The van der Waals surface area contributed by atoms with Crippen LogP contribution in [0.3, 0.4) is 0 Å². The Morgan fingerprint density at radius 3 is 3.00 bits per heavy atom. The number of hydrogen-bond donors (Lipinski definition) is 3. The minimum absolute atomic E-state index is 0.0705. The lowest BCUT2D eigenvalue weighted by Gasteiger charge is -2.17. The van der Waals surface area contributed by atoms with Crippen LogP contribution < -0.4 is 15.5 Å². The lowest BCUT2D eigenvalue weighted by atomic mass is 10.0. The molecule has 3 N–H and O–H groups in total. The number of amides is 1. The van der Waals surface area contributed by atoms with Gasteiger partial charge in [0.05, 0.1) is 6.61 Å². The van der Waals surface area contributed by atoms with Gasteiger partial charge in [-0.25, -0.2) is 5.48 Å². The lowest BCUT2D eigenvalue weighted by molar-refractivity contribution is -0.116. The molecule has 0 fully saturated rings. The van der Waals surface area contributed by atoms with Crippen LogP contribution in [-0.4, -0.2) is 24.3 Å². The van der Waals surface area contributed by atoms with E-state index >= 15 is 0 Å². The van der Waals surface area contributed by atoms with E-state index in [2.05, 4.69) is 10.8 Å². The van der Waals surface area contributed by atoms with E-state index in [9.17, 15) is 4.79 Å². The van der Waals surface area contributed by atoms with E-state index in [0.717, 1.165) is 37.1 Å². The molecule has 0 aromatic heterocycles. The standard InChI is InChI=1S/C14H20N2O3/c17-14-7-5-11-4-6-12(10-13(11)16-14)19-9-3-1-2-8-15-18/h4,6,10,15,18H,1-3,5,7-9H2,(H,16,17). The van der Waals surface area contributed by atoms with Gasteiger partial charge in [-0.3, -0.25) is 4.79 Å². The number of hydrogen-bond acceptors (Lipinski definition) is 4. The van der Waals surface area contributed by atoms with Crippen LogP contribution in [0, 0.1) is 0 Å². The van der Waals surface area contributed by atoms with Crippen LogP contribution in [0.2, 0.25) is 0 Å². The molecule has 1 heterocycles. The van der Waals surface area contributed by atoms with E-state index in [1.165, 1.54) is 5.56 Å². The van der Waals surface area contributed by atoms with Crippen molar-refractivity contribution in [3.05, 3.63) is 23.8 Å². The van der Waals surface area contributed by atoms with E-state index in [0.29, 0.717) is 19.6 Å². The molecular weight excluding hydrogens is 244 g/mol. The first-order valence-electron chi connectivity index (χ1n) is 6.72. The van der Waals surface area contributed by atoms with Crippen molar-refractivity contribution in [2.75, 3.05) is 18.5 Å². The maximum absolute atomic E-state index is 11.3. The third-order valence-electron chi connectivity index (χ3n) is 3.18. The van der Waals surface area contributed by atoms with Crippen molar-refractivity contribution >= 4 is 11.6 Å². The second kappa shape index (κ2) is 7.11. The van der Waals surface area contributed by atoms with Gasteiger partial charge < -0.3 is 15.3 Å². The van der Waals surface area contributed by atoms with Crippen molar-refractivity contribution in [1.29, 1.82) is 0 Å². The number of aryl methyl sites for hydroxylation is 1. The van der Waals surface area contributed by atoms with Crippen LogP contribution in [0.4, 0.5) is 5.69 Å². The fourth-order valence-electron chi connectivity index (χ4n) is 2.11. The highest BCUT2D eigenvalue weighted by Crippen LogP contribution is 2.27. The summed E-state index contributed by atoms with van der Waals surface area (Å²) in [7, 11) is 0. The molecule has 19 heavy (non-hydrogen) atoms. The first-order valence-corrected chi connectivity index (χ1v) is 6.72. The zero-order valence-corrected chi connectivity index (χ0v) is 10.9. The molecule has 2 rings (SSSR count). The summed E-state index contributed by atoms with van der Waals surface area (Å²) in [4.78, 5) is 11.3. The van der Waals surface area contributed by atoms with Crippen molar-refractivity contribution in [3.63, 3.8) is 0 Å². The molecule has 0 radical (unpaired) electrons. The average molecular weight is 264 g/mol. The Morgan fingerprint density at radius 1 is 1.26 bits per heavy atom. The number of anilines is 1. The molecule has 1 aliphatic rings. The quantitative estimate of drug-likeness (QED) is 0.521. The minimum Gasteiger partial charge on any atom is -0.494 e. The molecule has 0 aliphatic carbocycles. The fourth-order valence-corrected chi connectivity index (χ4v) is 2.11. The molecule has 5 nitrogen and oxygen atoms in total. The third kappa shape index (κ3) is 4.22. The Labute approximate surface area is 112 Å². The first kappa shape index (κ1) is 13.8. The summed E-state index contributed by atoms with van der Waals surface area (Å²) in [6, 6.07) is 5.85. The predicted octanol–water partition coefficient (Wildman–Crippen LogP) is 2.10. The highest BCUT2D eigenvalue weighted by molar-refractivity contribution is 5.94. The van der Waals surface area contributed by atoms with Gasteiger partial charge in [0.25, 0.3) is 0 Å². The number of unbranched alkanes of at least 4 members (excludes halogenated alkanes) is 2. The number of nitrogens with one attached hydrogen (secondary N) is 2. The molecule has 0 saturated carbocycles. The number of hydroxylamine groups is 1. The average Bonchev–Trinajstić information content (AvgIpc) is 2.42. The molecule has 1 aliphatic heterocycles. The molecule has 5 heteroatoms. The van der Waals surface area contributed by atoms with Crippen molar-refractivity contribution in [2.24, 2.45) is 0 Å². The van der Waals surface area contributed by atoms with Gasteiger partial charge in [0, 0.05) is 24.7 Å². The maximum Gasteiger partial charge on any atom is 0.224 e. The monoisotopic (exact) mass is 264 g/mol. The minimum atomic E-state index is 0.0705. The van der Waals surface area contributed by atoms with Crippen molar-refractivity contribution in [2.45, 2.75) is 32.1 Å². The maximum atomic E-state index is 11.3. The van der Waals surface area contributed by atoms with Gasteiger partial charge in [-0.1, -0.05) is 6.07 Å². The number of rotatable bonds is 7. The van der Waals surface area contributed by atoms with Crippen LogP contribution in [0.25, 0.3) is 0 Å². The Hall–Kier alpha value is -1.59. The summed E-state index contributed by atoms with van der Waals surface area (Å²) in [6.07, 6.45) is 4.25. The predicted molar refractivity (Wildman–Crippen MR) is 72.5 cm³/mol. The summed E-state index contributed by atoms with van der Waals surface area (Å²) in [5, 5.41) is 11.3. The van der Waals surface area contributed by atoms with Gasteiger partial charge in [0.15, 0.2) is 0 Å². The first-order chi connectivity index (χ1) is 9.29. The SMILES string of the molecule is O=C1CCc2ccc(OCCCCCNO)cc2N1. The number of ether oxygens (including phenoxy) is 1. The molecule has 1 aromatic rings. The number of carbonyl (C=O) groups excluding carboxylic acids is 1. The number of carbonyl (C=O) groups is 1. The highest BCUT2D eigenvalue weighted by Gasteiger charge is 2.14. The Bertz CT molecular complexity index is 435. The van der Waals surface area contributed by atoms with Gasteiger partial charge in [0.1, 0.15) is 5.75 Å². The van der Waals surface area contributed by atoms with E-state index in [1.54, 1.807) is 0 Å². The zero-order chi connectivity index (χ0) is 13.5. The Kier molecular flexibility index (Phi) is 5.18. The third-order valence-corrected chi connectivity index (χ3v) is 3.18. The van der Waals surface area contributed by atoms with Gasteiger partial charge in [-0.05, 0) is 37.3 Å². The lowest BCUT2D eigenvalue weighted by Crippen LogP contribution is -2.18. The Balaban J connectivity index is 1.78. The summed E-state index contributed by atoms with van der Waals surface area (Å²) < 4.78 is 5.65. The van der Waals surface area contributed by atoms with Crippen LogP contribution in [-0.2, 0) is 11.2 Å². The van der Waals surface area contributed by atoms with Crippen LogP contribution in [0.5, 0.6) is 5.75 Å². The molecule has 0 spiro atoms. The van der Waals surface area contributed by atoms with Gasteiger partial charge in [0.2, 0.25) is 5.91 Å². The van der Waals surface area contributed by atoms with Gasteiger partial charge in [-0.2, -0.15) is 0 Å². The number of fused-ring (bicyclic) bond motifs is 1. The largest absolute Gasteiger partial charge is 0.494 e. The normalized spacial score (nSPS) is 13.8. The molecule has 1 aromatic carbocycles. The molecule has 0 atom stereocenters. The van der Waals surface area contributed by atoms with E-state index < -0.39 is 0 Å². The molecule has 0 unspecified atom stereocenters. The fraction of sp³-hybridized carbons (Fsp3) is 0.500. The summed E-state index contributed by atoms with van der Waals surface area (Å²) in [5.41, 5.74) is 4.17. The highest BCUT2D eigenvalue weighted by atomic mass is 16.5. The van der Waals surface area contributed by atoms with Crippen LogP contribution >= 0.6 is 0 Å². The van der Waals surface area contributed by atoms with Crippen molar-refractivity contribution < 1.29 is 14.7 Å². The Morgan fingerprint density at radius 2 is 2.16 bits per heavy atom. The zero-order valence-electron chi connectivity index (χ0n) is 10.9. The molecule has 0 saturated heterocycles. The van der Waals surface area contributed by atoms with Crippen molar-refractivity contribution in [3.8, 4) is 5.75 Å². The molecule has 1 amide bonds. The number of benzene rings is 1. The molecule has 0 bridgehead atoms. The topological polar surface area (TPSA) is 70.6 Å². The van der Waals surface area contributed by atoms with Gasteiger partial charge in [-0.15, -0.1) is 0 Å². The summed E-state index contributed by atoms with van der Waals surface area (Å²) in [5.74, 6) is 0.863. The van der Waals surface area contributed by atoms with E-state index in [4.69, 9.17) is 9.94 Å². The second-order valence-electron chi connectivity index (χ2n) is 4.68. The van der Waals surface area contributed by atoms with Crippen molar-refractivity contribution in [1.82, 2.24) is 5.48 Å². The molecule has 104 valence electrons. The second-order valence-corrected chi connectivity index (χ2v) is 4.68. The van der Waals surface area contributed by atoms with E-state index in [-0.39, 0.29) is 5.91 Å². The van der Waals surface area contributed by atoms with Crippen LogP contribution in [0.15, 0.2) is 18.2 Å². The summed E-state index contributed by atoms with van der Waals surface area (Å²) >= 11 is 0. The van der Waals surface area contributed by atoms with Crippen LogP contribution in [0.1, 0.15) is 31.2 Å². The molecular formula is C14H20N2O3.